The van der Waals surface area contributed by atoms with Gasteiger partial charge in [-0.1, -0.05) is 48.5 Å². The fourth-order valence-electron chi connectivity index (χ4n) is 3.84. The van der Waals surface area contributed by atoms with E-state index in [0.29, 0.717) is 24.2 Å². The Hall–Kier alpha value is -4.46. The molecule has 4 rings (SSSR count). The number of hydrogen-bond donors (Lipinski definition) is 1. The second-order valence-electron chi connectivity index (χ2n) is 7.76. The molecule has 0 unspecified atom stereocenters. The smallest absolute Gasteiger partial charge is 0.278 e. The number of carbonyl (C=O) groups is 1. The predicted octanol–water partition coefficient (Wildman–Crippen LogP) is 3.94. The third-order valence-corrected chi connectivity index (χ3v) is 5.60. The van der Waals surface area contributed by atoms with Crippen LogP contribution in [0.25, 0.3) is 10.9 Å². The van der Waals surface area contributed by atoms with Crippen molar-refractivity contribution >= 4 is 22.5 Å². The molecule has 0 aliphatic rings. The molecule has 0 saturated carbocycles. The van der Waals surface area contributed by atoms with Crippen molar-refractivity contribution in [1.29, 1.82) is 0 Å². The molecule has 8 nitrogen and oxygen atoms in total. The molecule has 0 spiro atoms. The zero-order valence-corrected chi connectivity index (χ0v) is 18.6. The summed E-state index contributed by atoms with van der Waals surface area (Å²) < 4.78 is 6.58. The molecule has 4 aromatic rings. The minimum absolute atomic E-state index is 0.136. The van der Waals surface area contributed by atoms with Crippen molar-refractivity contribution in [2.45, 2.75) is 13.0 Å². The Morgan fingerprint density at radius 3 is 2.41 bits per heavy atom. The number of nitro benzene ring substituents is 1. The van der Waals surface area contributed by atoms with E-state index in [1.54, 1.807) is 37.4 Å². The van der Waals surface area contributed by atoms with Crippen LogP contribution >= 0.6 is 0 Å². The Labute approximate surface area is 195 Å². The zero-order valence-electron chi connectivity index (χ0n) is 18.6. The fraction of sp³-hybridized carbons (Fsp3) is 0.154. The molecule has 0 radical (unpaired) electrons. The predicted molar refractivity (Wildman–Crippen MR) is 129 cm³/mol. The van der Waals surface area contributed by atoms with Gasteiger partial charge in [0, 0.05) is 12.6 Å². The molecule has 3 aromatic carbocycles. The van der Waals surface area contributed by atoms with Crippen LogP contribution in [0, 0.1) is 10.1 Å². The van der Waals surface area contributed by atoms with E-state index in [1.165, 1.54) is 22.8 Å². The number of non-ortho nitro benzene ring substituents is 1. The van der Waals surface area contributed by atoms with E-state index in [2.05, 4.69) is 5.32 Å². The number of rotatable bonds is 8. The minimum Gasteiger partial charge on any atom is -0.497 e. The third kappa shape index (κ3) is 4.80. The highest BCUT2D eigenvalue weighted by atomic mass is 16.6. The van der Waals surface area contributed by atoms with E-state index >= 15 is 0 Å². The van der Waals surface area contributed by atoms with Crippen LogP contribution in [0.5, 0.6) is 5.75 Å². The number of benzene rings is 3. The van der Waals surface area contributed by atoms with Gasteiger partial charge in [0.25, 0.3) is 17.2 Å². The van der Waals surface area contributed by atoms with E-state index in [0.717, 1.165) is 11.1 Å². The maximum atomic E-state index is 13.4. The molecule has 0 bridgehead atoms. The van der Waals surface area contributed by atoms with Gasteiger partial charge < -0.3 is 14.6 Å². The average molecular weight is 457 g/mol. The molecule has 0 fully saturated rings. The van der Waals surface area contributed by atoms with Crippen LogP contribution in [-0.2, 0) is 13.0 Å². The highest BCUT2D eigenvalue weighted by molar-refractivity contribution is 5.99. The number of nitrogens with one attached hydrogen (secondary N) is 1. The van der Waals surface area contributed by atoms with Gasteiger partial charge in [0.05, 0.1) is 29.5 Å². The molecular formula is C26H23N3O5. The highest BCUT2D eigenvalue weighted by Gasteiger charge is 2.21. The highest BCUT2D eigenvalue weighted by Crippen LogP contribution is 2.26. The summed E-state index contributed by atoms with van der Waals surface area (Å²) in [7, 11) is 1.56. The Bertz CT molecular complexity index is 1400. The van der Waals surface area contributed by atoms with Crippen LogP contribution in [0.15, 0.2) is 83.7 Å². The first-order valence-corrected chi connectivity index (χ1v) is 10.7. The van der Waals surface area contributed by atoms with Crippen LogP contribution in [0.2, 0.25) is 0 Å². The first-order valence-electron chi connectivity index (χ1n) is 10.7. The summed E-state index contributed by atoms with van der Waals surface area (Å²) in [6.07, 6.45) is 0.598. The fourth-order valence-corrected chi connectivity index (χ4v) is 3.84. The molecule has 0 saturated heterocycles. The van der Waals surface area contributed by atoms with Crippen molar-refractivity contribution in [3.05, 3.63) is 116 Å². The maximum Gasteiger partial charge on any atom is 0.278 e. The zero-order chi connectivity index (χ0) is 24.1. The number of hydrogen-bond acceptors (Lipinski definition) is 5. The van der Waals surface area contributed by atoms with E-state index in [1.807, 2.05) is 30.3 Å². The van der Waals surface area contributed by atoms with Gasteiger partial charge in [0.15, 0.2) is 0 Å². The van der Waals surface area contributed by atoms with Gasteiger partial charge in [-0.25, -0.2) is 0 Å². The Morgan fingerprint density at radius 1 is 1.00 bits per heavy atom. The van der Waals surface area contributed by atoms with Gasteiger partial charge in [0.1, 0.15) is 11.3 Å². The monoisotopic (exact) mass is 457 g/mol. The summed E-state index contributed by atoms with van der Waals surface area (Å²) in [4.78, 5) is 37.5. The van der Waals surface area contributed by atoms with Crippen LogP contribution in [-0.4, -0.2) is 29.1 Å². The molecule has 1 aromatic heterocycles. The van der Waals surface area contributed by atoms with Gasteiger partial charge in [-0.2, -0.15) is 0 Å². The number of methoxy groups -OCH3 is 1. The van der Waals surface area contributed by atoms with E-state index in [-0.39, 0.29) is 23.2 Å². The van der Waals surface area contributed by atoms with Gasteiger partial charge in [-0.3, -0.25) is 19.7 Å². The molecule has 0 aliphatic heterocycles. The molecule has 1 heterocycles. The van der Waals surface area contributed by atoms with Crippen molar-refractivity contribution in [2.75, 3.05) is 13.7 Å². The standard InChI is InChI=1S/C26H23N3O5/c1-34-20-12-10-19(11-13-20)17-28-23-8-5-9-24(29(32)33)21(23)16-22(26(28)31)25(30)27-15-14-18-6-3-2-4-7-18/h2-13,16H,14-15,17H2,1H3,(H,27,30). The summed E-state index contributed by atoms with van der Waals surface area (Å²) in [5, 5.41) is 14.7. The number of aromatic nitrogens is 1. The molecule has 0 atom stereocenters. The second kappa shape index (κ2) is 9.99. The van der Waals surface area contributed by atoms with Crippen molar-refractivity contribution in [1.82, 2.24) is 9.88 Å². The molecule has 8 heteroatoms. The quantitative estimate of drug-likeness (QED) is 0.319. The lowest BCUT2D eigenvalue weighted by molar-refractivity contribution is -0.383. The lowest BCUT2D eigenvalue weighted by atomic mass is 10.1. The second-order valence-corrected chi connectivity index (χ2v) is 7.76. The lowest BCUT2D eigenvalue weighted by Crippen LogP contribution is -2.34. The number of amides is 1. The first kappa shape index (κ1) is 22.7. The molecule has 1 amide bonds. The first-order chi connectivity index (χ1) is 16.5. The van der Waals surface area contributed by atoms with E-state index < -0.39 is 16.4 Å². The number of fused-ring (bicyclic) bond motifs is 1. The van der Waals surface area contributed by atoms with Crippen LogP contribution in [0.1, 0.15) is 21.5 Å². The van der Waals surface area contributed by atoms with Gasteiger partial charge in [-0.05, 0) is 41.8 Å². The average Bonchev–Trinajstić information content (AvgIpc) is 2.86. The molecule has 34 heavy (non-hydrogen) atoms. The number of nitrogens with zero attached hydrogens (tertiary/aromatic N) is 2. The normalized spacial score (nSPS) is 10.7. The summed E-state index contributed by atoms with van der Waals surface area (Å²) in [5.74, 6) is 0.104. The topological polar surface area (TPSA) is 103 Å². The van der Waals surface area contributed by atoms with Crippen molar-refractivity contribution in [3.8, 4) is 5.75 Å². The van der Waals surface area contributed by atoms with Gasteiger partial charge in [0.2, 0.25) is 0 Å². The summed E-state index contributed by atoms with van der Waals surface area (Å²) in [6, 6.07) is 22.7. The third-order valence-electron chi connectivity index (χ3n) is 5.60. The Balaban J connectivity index is 1.72. The Kier molecular flexibility index (Phi) is 6.68. The van der Waals surface area contributed by atoms with Gasteiger partial charge in [-0.15, -0.1) is 0 Å². The number of pyridine rings is 1. The van der Waals surface area contributed by atoms with Gasteiger partial charge >= 0.3 is 0 Å². The van der Waals surface area contributed by atoms with E-state index in [4.69, 9.17) is 4.74 Å². The number of nitro groups is 1. The van der Waals surface area contributed by atoms with Crippen molar-refractivity contribution in [3.63, 3.8) is 0 Å². The molecule has 1 N–H and O–H groups in total. The SMILES string of the molecule is COc1ccc(Cn2c(=O)c(C(=O)NCCc3ccccc3)cc3c([N+](=O)[O-])cccc32)cc1. The number of carbonyl (C=O) groups excluding carboxylic acids is 1. The largest absolute Gasteiger partial charge is 0.497 e. The van der Waals surface area contributed by atoms with Crippen LogP contribution in [0.3, 0.4) is 0 Å². The van der Waals surface area contributed by atoms with Crippen molar-refractivity contribution < 1.29 is 14.5 Å². The lowest BCUT2D eigenvalue weighted by Gasteiger charge is -2.14. The summed E-state index contributed by atoms with van der Waals surface area (Å²) >= 11 is 0. The molecule has 172 valence electrons. The van der Waals surface area contributed by atoms with E-state index in [9.17, 15) is 19.7 Å². The Morgan fingerprint density at radius 2 is 1.74 bits per heavy atom. The number of ether oxygens (including phenoxy) is 1. The summed E-state index contributed by atoms with van der Waals surface area (Å²) in [5.41, 5.74) is 1.41. The van der Waals surface area contributed by atoms with Crippen molar-refractivity contribution in [2.24, 2.45) is 0 Å². The summed E-state index contributed by atoms with van der Waals surface area (Å²) in [6.45, 7) is 0.474. The van der Waals surface area contributed by atoms with Crippen LogP contribution < -0.4 is 15.6 Å². The molecular weight excluding hydrogens is 434 g/mol. The minimum atomic E-state index is -0.565. The maximum absolute atomic E-state index is 13.4. The van der Waals surface area contributed by atoms with Crippen LogP contribution in [0.4, 0.5) is 5.69 Å². The molecule has 0 aliphatic carbocycles.